The zero-order chi connectivity index (χ0) is 112. The van der Waals surface area contributed by atoms with E-state index in [1.54, 1.807) is 13.8 Å². The summed E-state index contributed by atoms with van der Waals surface area (Å²) in [5.74, 6) is -26.9. The van der Waals surface area contributed by atoms with Gasteiger partial charge in [-0.2, -0.15) is 0 Å². The minimum Gasteiger partial charge on any atom is -0.508 e. The molecule has 1 aromatic heterocycles. The smallest absolute Gasteiger partial charge is 0.326 e. The number of hydrogen-bond acceptors (Lipinski definition) is 30. The van der Waals surface area contributed by atoms with Crippen LogP contribution < -0.4 is 119 Å². The number of phenolic OH excluding ortho intramolecular Hbond substituents is 3. The lowest BCUT2D eigenvalue weighted by Gasteiger charge is -2.31. The number of imidazole rings is 1. The molecule has 56 heteroatoms. The molecule has 37 N–H and O–H groups in total. The van der Waals surface area contributed by atoms with Gasteiger partial charge in [-0.15, -0.1) is 0 Å². The van der Waals surface area contributed by atoms with Crippen LogP contribution in [0.3, 0.4) is 0 Å². The predicted molar refractivity (Wildman–Crippen MR) is 531 cm³/mol. The molecule has 18 amide bonds. The number of aromatic hydroxyl groups is 3. The topological polar surface area (TPSA) is 921 Å². The van der Waals surface area contributed by atoms with Crippen LogP contribution in [-0.2, 0) is 126 Å². The van der Waals surface area contributed by atoms with E-state index in [0.29, 0.717) is 16.7 Å². The maximum atomic E-state index is 15.1. The van der Waals surface area contributed by atoms with Crippen LogP contribution >= 0.6 is 0 Å². The van der Waals surface area contributed by atoms with E-state index in [4.69, 9.17) is 33.8 Å². The van der Waals surface area contributed by atoms with E-state index in [0.717, 1.165) is 18.7 Å². The van der Waals surface area contributed by atoms with Gasteiger partial charge >= 0.3 is 17.9 Å². The Morgan fingerprint density at radius 2 is 0.740 bits per heavy atom. The Morgan fingerprint density at radius 3 is 1.15 bits per heavy atom. The highest BCUT2D eigenvalue weighted by Gasteiger charge is 2.44. The van der Waals surface area contributed by atoms with Gasteiger partial charge < -0.3 is 169 Å². The van der Waals surface area contributed by atoms with Crippen LogP contribution in [0, 0.1) is 22.7 Å². The van der Waals surface area contributed by atoms with Crippen LogP contribution in [0.5, 0.6) is 17.2 Å². The number of guanidine groups is 2. The molecule has 150 heavy (non-hydrogen) atoms. The van der Waals surface area contributed by atoms with Crippen LogP contribution in [0.4, 0.5) is 0 Å². The number of H-pyrrole nitrogens is 1. The van der Waals surface area contributed by atoms with Gasteiger partial charge in [-0.1, -0.05) is 64.1 Å². The second-order valence-electron chi connectivity index (χ2n) is 36.7. The molecule has 0 bridgehead atoms. The van der Waals surface area contributed by atoms with Crippen LogP contribution in [0.1, 0.15) is 162 Å². The minimum absolute atomic E-state index is 0.0595. The Bertz CT molecular complexity index is 5360. The van der Waals surface area contributed by atoms with Crippen molar-refractivity contribution >= 4 is 136 Å². The second kappa shape index (κ2) is 61.2. The van der Waals surface area contributed by atoms with Crippen LogP contribution in [0.25, 0.3) is 0 Å². The summed E-state index contributed by atoms with van der Waals surface area (Å²) in [6.45, 7) is 10.4. The summed E-state index contributed by atoms with van der Waals surface area (Å²) >= 11 is 0. The lowest BCUT2D eigenvalue weighted by Crippen LogP contribution is -2.62. The van der Waals surface area contributed by atoms with Gasteiger partial charge in [0.2, 0.25) is 106 Å². The van der Waals surface area contributed by atoms with Crippen molar-refractivity contribution in [3.8, 4) is 17.2 Å². The molecule has 0 aliphatic carbocycles. The third-order valence-electron chi connectivity index (χ3n) is 23.5. The van der Waals surface area contributed by atoms with Crippen molar-refractivity contribution in [2.45, 2.75) is 280 Å². The lowest BCUT2D eigenvalue weighted by molar-refractivity contribution is -0.143. The number of nitrogens with two attached hydrogens (primary N) is 4. The highest BCUT2D eigenvalue weighted by atomic mass is 16.4. The molecule has 5 rings (SSSR count). The van der Waals surface area contributed by atoms with Crippen molar-refractivity contribution in [3.63, 3.8) is 0 Å². The van der Waals surface area contributed by atoms with Crippen LogP contribution in [0.2, 0.25) is 0 Å². The number of likely N-dealkylation sites (tertiary alicyclic amines) is 1. The number of nitrogens with one attached hydrogen (secondary N) is 21. The number of carbonyl (C=O) groups is 21. The van der Waals surface area contributed by atoms with Crippen molar-refractivity contribution in [3.05, 3.63) is 108 Å². The molecule has 0 saturated carbocycles. The molecule has 19 atom stereocenters. The first-order chi connectivity index (χ1) is 70.5. The number of primary amides is 1. The molecule has 56 nitrogen and oxygen atoms in total. The number of aliphatic carboxylic acids is 3. The Hall–Kier alpha value is -16.4. The van der Waals surface area contributed by atoms with Crippen molar-refractivity contribution in [2.75, 3.05) is 26.2 Å². The van der Waals surface area contributed by atoms with Crippen molar-refractivity contribution in [1.82, 2.24) is 111 Å². The van der Waals surface area contributed by atoms with E-state index in [2.05, 4.69) is 106 Å². The number of phenols is 3. The number of benzene rings is 3. The summed E-state index contributed by atoms with van der Waals surface area (Å²) in [5.41, 5.74) is 23.4. The predicted octanol–water partition coefficient (Wildman–Crippen LogP) is -8.76. The molecule has 0 radical (unpaired) electrons. The number of hydrogen-bond donors (Lipinski definition) is 33. The fourth-order valence-corrected chi connectivity index (χ4v) is 15.2. The molecule has 4 aromatic rings. The normalized spacial score (nSPS) is 15.7. The SMILES string of the molecule is CC(C)[C@H](NC(=O)[C@H](C)NC(=O)[C@H](Cc1ccc(O)cc1)NC(=O)[C@H](Cc1ccc(O)cc1)NC(=O)[C@H](Cc1c[nH]cn1)NC(=O)[C@@H](NC(=O)[C@H](CCCNC(=N)N)NC(=O)[C@@H]1CCCN1C(=O)[C@H](CCC(N)=O)NC(=O)[C@H](CCCNC(=N)N)NC(=O)[C@H](CCC(=O)O)NC(=O)[C@@H](NC(=O)CNC(=O)[C@H](Cc1ccc(O)cc1)NC(=O)[C@@H](NC(=O)[C@H](CCC(=O)O)NC(=O)[C@H](C)NC(=O)[C@H](C)N)C(C)C)[C@@H](C)O)[C@@H](C)O)C(=O)O. The fourth-order valence-electron chi connectivity index (χ4n) is 15.2. The number of carbonyl (C=O) groups excluding carboxylic acids is 18. The van der Waals surface area contributed by atoms with Crippen molar-refractivity contribution < 1.29 is 142 Å². The van der Waals surface area contributed by atoms with Gasteiger partial charge in [0.05, 0.1) is 36.8 Å². The van der Waals surface area contributed by atoms with Gasteiger partial charge in [-0.25, -0.2) is 9.78 Å². The number of nitrogens with zero attached hydrogens (tertiary/aromatic N) is 2. The first-order valence-electron chi connectivity index (χ1n) is 48.2. The molecule has 3 aromatic carbocycles. The number of aromatic amines is 1. The monoisotopic (exact) mass is 2110 g/mol. The minimum atomic E-state index is -2.06. The highest BCUT2D eigenvalue weighted by Crippen LogP contribution is 2.23. The van der Waals surface area contributed by atoms with Crippen LogP contribution in [-0.4, -0.2) is 333 Å². The van der Waals surface area contributed by atoms with Gasteiger partial charge in [0.15, 0.2) is 11.9 Å². The van der Waals surface area contributed by atoms with Crippen LogP contribution in [0.15, 0.2) is 85.3 Å². The summed E-state index contributed by atoms with van der Waals surface area (Å²) in [6, 6.07) is -11.9. The fraction of sp³-hybridized carbons (Fsp3) is 0.532. The van der Waals surface area contributed by atoms with Crippen molar-refractivity contribution in [2.24, 2.45) is 34.8 Å². The average molecular weight is 2110 g/mol. The molecule has 1 aliphatic heterocycles. The molecule has 2 heterocycles. The number of aliphatic hydroxyl groups is 2. The van der Waals surface area contributed by atoms with E-state index >= 15 is 4.79 Å². The molecule has 1 aliphatic rings. The van der Waals surface area contributed by atoms with E-state index in [-0.39, 0.29) is 87.5 Å². The van der Waals surface area contributed by atoms with Gasteiger partial charge in [0.1, 0.15) is 114 Å². The Balaban J connectivity index is 1.40. The summed E-state index contributed by atoms with van der Waals surface area (Å²) in [6.07, 6.45) is -7.88. The third kappa shape index (κ3) is 42.9. The first kappa shape index (κ1) is 124. The quantitative estimate of drug-likeness (QED) is 0.0111. The molecule has 0 spiro atoms. The lowest BCUT2D eigenvalue weighted by atomic mass is 10.00. The number of rotatable bonds is 63. The number of carboxylic acids is 3. The Kier molecular flexibility index (Phi) is 50.6. The molecular formula is C94H139N27O29. The molecule has 1 saturated heterocycles. The maximum Gasteiger partial charge on any atom is 0.326 e. The molecular weight excluding hydrogens is 1970 g/mol. The average Bonchev–Trinajstić information content (AvgIpc) is 1.66. The Labute approximate surface area is 861 Å². The van der Waals surface area contributed by atoms with Gasteiger partial charge in [0, 0.05) is 70.8 Å². The zero-order valence-corrected chi connectivity index (χ0v) is 84.2. The standard InChI is InChI=1S/C94H139N27O29/c1-44(2)72(118-83(140)61(30-33-71(131)132)108-77(134)47(6)106-76(133)46(5)95)88(145)115-63(37-51-16-22-55(124)23-17-51)79(136)104-42-69(128)117-74(49(8)122)89(146)111-60(29-32-70(129)130)81(138)109-58(13-10-34-102-93(97)98)80(137)112-62(28-31-68(96)127)91(148)121-36-12-15-67(121)87(144)110-59(14-11-35-103-94(99)100)82(139)120-75(50(9)123)90(147)116-66(40-54-41-101-43-105-54)86(143)114-65(39-53-20-26-57(126)27-21-53)85(142)113-64(38-52-18-24-56(125)25-19-52)84(141)107-48(7)78(135)119-73(45(3)4)92(149)150/h16-27,41,43-50,58-67,72-75,122-126H,10-15,28-40,42,95H2,1-9H3,(H2,96,127)(H,101,105)(H,104,136)(H,106,133)(H,107,141)(H,108,134)(H,109,138)(H,110,144)(H,111,146)(H,112,137)(H,113,142)(H,114,143)(H,115,145)(H,116,147)(H,117,128)(H,118,140)(H,119,135)(H,120,139)(H,129,130)(H,131,132)(H,149,150)(H4,97,98,102)(H4,99,100,103)/t46-,47-,48-,49+,50+,58-,59-,60-,61-,62-,63-,64-,65-,66-,67-,72-,73-,74-,75-/m0/s1. The van der Waals surface area contributed by atoms with E-state index in [1.807, 2.05) is 0 Å². The van der Waals surface area contributed by atoms with Gasteiger partial charge in [0.25, 0.3) is 0 Å². The molecule has 824 valence electrons. The summed E-state index contributed by atoms with van der Waals surface area (Å²) in [4.78, 5) is 299. The van der Waals surface area contributed by atoms with Gasteiger partial charge in [-0.3, -0.25) is 107 Å². The molecule has 0 unspecified atom stereocenters. The third-order valence-corrected chi connectivity index (χ3v) is 23.5. The van der Waals surface area contributed by atoms with E-state index < -0.39 is 327 Å². The zero-order valence-electron chi connectivity index (χ0n) is 84.2. The van der Waals surface area contributed by atoms with E-state index in [9.17, 15) is 137 Å². The summed E-state index contributed by atoms with van der Waals surface area (Å²) < 4.78 is 0. The number of amides is 18. The van der Waals surface area contributed by atoms with E-state index in [1.165, 1.54) is 120 Å². The maximum absolute atomic E-state index is 15.1. The summed E-state index contributed by atoms with van der Waals surface area (Å²) in [7, 11) is 0. The Morgan fingerprint density at radius 1 is 0.393 bits per heavy atom. The largest absolute Gasteiger partial charge is 0.508 e. The second-order valence-corrected chi connectivity index (χ2v) is 36.7. The molecule has 1 fully saturated rings. The number of aromatic nitrogens is 2. The first-order valence-corrected chi connectivity index (χ1v) is 48.2. The van der Waals surface area contributed by atoms with Gasteiger partial charge in [-0.05, 0) is 157 Å². The summed E-state index contributed by atoms with van der Waals surface area (Å²) in [5, 5.41) is 141. The number of aliphatic hydroxyl groups excluding tert-OH is 2. The van der Waals surface area contributed by atoms with Crippen molar-refractivity contribution in [1.29, 1.82) is 10.8 Å². The highest BCUT2D eigenvalue weighted by molar-refractivity contribution is 6.02. The number of carboxylic acid groups (broad SMARTS) is 3.